The van der Waals surface area contributed by atoms with E-state index in [1.54, 1.807) is 0 Å². The van der Waals surface area contributed by atoms with Gasteiger partial charge in [0.25, 0.3) is 0 Å². The van der Waals surface area contributed by atoms with Gasteiger partial charge >= 0.3 is 5.97 Å². The van der Waals surface area contributed by atoms with E-state index in [9.17, 15) is 4.79 Å². The lowest BCUT2D eigenvalue weighted by Gasteiger charge is -2.09. The number of hydrogen-bond acceptors (Lipinski definition) is 4. The van der Waals surface area contributed by atoms with Crippen LogP contribution < -0.4 is 11.5 Å². The lowest BCUT2D eigenvalue weighted by Crippen LogP contribution is -2.33. The summed E-state index contributed by atoms with van der Waals surface area (Å²) >= 11 is 0. The van der Waals surface area contributed by atoms with E-state index in [2.05, 4.69) is 6.92 Å². The predicted octanol–water partition coefficient (Wildman–Crippen LogP) is 0.498. The normalized spacial score (nSPS) is 12.6. The third-order valence-electron chi connectivity index (χ3n) is 1.53. The third-order valence-corrected chi connectivity index (χ3v) is 1.53. The average Bonchev–Trinajstić information content (AvgIpc) is 2.10. The summed E-state index contributed by atoms with van der Waals surface area (Å²) in [5, 5.41) is 0. The molecule has 0 amide bonds. The van der Waals surface area contributed by atoms with Crippen molar-refractivity contribution >= 4 is 5.97 Å². The predicted molar refractivity (Wildman–Crippen MR) is 51.7 cm³/mol. The summed E-state index contributed by atoms with van der Waals surface area (Å²) in [6.45, 7) is 2.67. The highest BCUT2D eigenvalue weighted by atomic mass is 16.5. The SMILES string of the molecule is CCCCC(N)C(=O)OCCN.[HH].[HH]. The quantitative estimate of drug-likeness (QED) is 0.580. The molecule has 0 aromatic carbocycles. The highest BCUT2D eigenvalue weighted by Crippen LogP contribution is 1.99. The molecule has 0 saturated heterocycles. The molecule has 4 heteroatoms. The van der Waals surface area contributed by atoms with Crippen LogP contribution in [0.4, 0.5) is 0 Å². The number of nitrogens with two attached hydrogens (primary N) is 2. The minimum atomic E-state index is -0.475. The van der Waals surface area contributed by atoms with E-state index in [-0.39, 0.29) is 15.4 Å². The molecular weight excluding hydrogens is 156 g/mol. The Morgan fingerprint density at radius 2 is 2.33 bits per heavy atom. The first-order valence-corrected chi connectivity index (χ1v) is 4.34. The maximum atomic E-state index is 11.0. The van der Waals surface area contributed by atoms with Crippen molar-refractivity contribution in [3.8, 4) is 0 Å². The summed E-state index contributed by atoms with van der Waals surface area (Å²) in [5.41, 5.74) is 10.7. The van der Waals surface area contributed by atoms with Crippen LogP contribution in [0.2, 0.25) is 0 Å². The molecule has 0 aliphatic heterocycles. The molecule has 12 heavy (non-hydrogen) atoms. The van der Waals surface area contributed by atoms with Crippen LogP contribution in [0.25, 0.3) is 0 Å². The van der Waals surface area contributed by atoms with Crippen LogP contribution in [0, 0.1) is 0 Å². The number of ether oxygens (including phenoxy) is 1. The summed E-state index contributed by atoms with van der Waals surface area (Å²) in [4.78, 5) is 11.0. The van der Waals surface area contributed by atoms with Gasteiger partial charge in [-0.1, -0.05) is 19.8 Å². The minimum absolute atomic E-state index is 0. The molecule has 0 aromatic heterocycles. The van der Waals surface area contributed by atoms with Crippen molar-refractivity contribution in [2.45, 2.75) is 32.2 Å². The number of carbonyl (C=O) groups is 1. The van der Waals surface area contributed by atoms with E-state index in [4.69, 9.17) is 16.2 Å². The molecular formula is C8H22N2O2. The molecule has 0 spiro atoms. The Labute approximate surface area is 76.2 Å². The number of unbranched alkanes of at least 4 members (excludes halogenated alkanes) is 1. The molecule has 4 N–H and O–H groups in total. The number of esters is 1. The van der Waals surface area contributed by atoms with Crippen molar-refractivity contribution in [3.63, 3.8) is 0 Å². The second-order valence-corrected chi connectivity index (χ2v) is 2.70. The van der Waals surface area contributed by atoms with Crippen LogP contribution in [0.1, 0.15) is 29.0 Å². The summed E-state index contributed by atoms with van der Waals surface area (Å²) in [7, 11) is 0. The van der Waals surface area contributed by atoms with E-state index >= 15 is 0 Å². The fourth-order valence-corrected chi connectivity index (χ4v) is 0.808. The molecule has 0 aliphatic carbocycles. The first-order valence-electron chi connectivity index (χ1n) is 4.34. The highest BCUT2D eigenvalue weighted by molar-refractivity contribution is 5.75. The smallest absolute Gasteiger partial charge is 0.322 e. The van der Waals surface area contributed by atoms with Crippen molar-refractivity contribution in [2.24, 2.45) is 11.5 Å². The summed E-state index contributed by atoms with van der Waals surface area (Å²) in [6.07, 6.45) is 2.69. The highest BCUT2D eigenvalue weighted by Gasteiger charge is 2.13. The Hall–Kier alpha value is -0.610. The largest absolute Gasteiger partial charge is 0.463 e. The molecule has 0 saturated carbocycles. The molecule has 1 unspecified atom stereocenters. The van der Waals surface area contributed by atoms with Crippen LogP contribution in [0.3, 0.4) is 0 Å². The molecule has 0 heterocycles. The second kappa shape index (κ2) is 7.06. The van der Waals surface area contributed by atoms with E-state index in [1.165, 1.54) is 0 Å². The minimum Gasteiger partial charge on any atom is -0.463 e. The first kappa shape index (κ1) is 11.4. The van der Waals surface area contributed by atoms with Crippen molar-refractivity contribution in [1.82, 2.24) is 0 Å². The summed E-state index contributed by atoms with van der Waals surface area (Å²) < 4.78 is 4.76. The van der Waals surface area contributed by atoms with Crippen LogP contribution >= 0.6 is 0 Å². The van der Waals surface area contributed by atoms with Gasteiger partial charge in [-0.3, -0.25) is 4.79 Å². The van der Waals surface area contributed by atoms with Crippen molar-refractivity contribution in [2.75, 3.05) is 13.2 Å². The number of hydrogen-bond donors (Lipinski definition) is 2. The van der Waals surface area contributed by atoms with Crippen molar-refractivity contribution < 1.29 is 12.4 Å². The molecule has 76 valence electrons. The van der Waals surface area contributed by atoms with Crippen LogP contribution in [0.5, 0.6) is 0 Å². The van der Waals surface area contributed by atoms with Crippen molar-refractivity contribution in [3.05, 3.63) is 0 Å². The van der Waals surface area contributed by atoms with Gasteiger partial charge < -0.3 is 16.2 Å². The fraction of sp³-hybridized carbons (Fsp3) is 0.875. The van der Waals surface area contributed by atoms with E-state index in [0.29, 0.717) is 13.0 Å². The van der Waals surface area contributed by atoms with Gasteiger partial charge in [0.1, 0.15) is 12.6 Å². The monoisotopic (exact) mass is 178 g/mol. The Balaban J connectivity index is -0.000000605. The van der Waals surface area contributed by atoms with E-state index < -0.39 is 6.04 Å². The van der Waals surface area contributed by atoms with E-state index in [1.807, 2.05) is 0 Å². The van der Waals surface area contributed by atoms with Gasteiger partial charge in [0.05, 0.1) is 0 Å². The standard InChI is InChI=1S/C8H18N2O2.2H2/c1-2-3-4-7(10)8(11)12-6-5-9;;/h7H,2-6,9-10H2,1H3;2*1H. The summed E-state index contributed by atoms with van der Waals surface area (Å²) in [5.74, 6) is -0.339. The molecule has 0 aromatic rings. The molecule has 1 atom stereocenters. The lowest BCUT2D eigenvalue weighted by atomic mass is 10.1. The lowest BCUT2D eigenvalue weighted by molar-refractivity contribution is -0.145. The maximum Gasteiger partial charge on any atom is 0.322 e. The molecule has 0 radical (unpaired) electrons. The second-order valence-electron chi connectivity index (χ2n) is 2.70. The van der Waals surface area contributed by atoms with Gasteiger partial charge in [0.15, 0.2) is 0 Å². The molecule has 4 nitrogen and oxygen atoms in total. The topological polar surface area (TPSA) is 78.3 Å². The molecule has 0 bridgehead atoms. The summed E-state index contributed by atoms with van der Waals surface area (Å²) in [6, 6.07) is -0.475. The Morgan fingerprint density at radius 3 is 2.83 bits per heavy atom. The third kappa shape index (κ3) is 5.09. The maximum absolute atomic E-state index is 11.0. The van der Waals surface area contributed by atoms with Gasteiger partial charge in [0.2, 0.25) is 0 Å². The van der Waals surface area contributed by atoms with Crippen LogP contribution in [-0.4, -0.2) is 25.2 Å². The molecule has 0 fully saturated rings. The Morgan fingerprint density at radius 1 is 1.67 bits per heavy atom. The molecule has 0 rings (SSSR count). The fourth-order valence-electron chi connectivity index (χ4n) is 0.808. The Kier molecular flexibility index (Phi) is 6.70. The van der Waals surface area contributed by atoms with Gasteiger partial charge in [-0.25, -0.2) is 0 Å². The van der Waals surface area contributed by atoms with Gasteiger partial charge in [0, 0.05) is 9.40 Å². The number of carbonyl (C=O) groups excluding carboxylic acids is 1. The molecule has 0 aliphatic rings. The first-order chi connectivity index (χ1) is 5.72. The Bertz CT molecular complexity index is 137. The zero-order chi connectivity index (χ0) is 9.40. The van der Waals surface area contributed by atoms with Gasteiger partial charge in [-0.15, -0.1) is 0 Å². The van der Waals surface area contributed by atoms with Crippen LogP contribution in [0.15, 0.2) is 0 Å². The zero-order valence-corrected chi connectivity index (χ0v) is 7.58. The average molecular weight is 178 g/mol. The number of rotatable bonds is 6. The van der Waals surface area contributed by atoms with Crippen LogP contribution in [-0.2, 0) is 9.53 Å². The van der Waals surface area contributed by atoms with E-state index in [0.717, 1.165) is 12.8 Å². The van der Waals surface area contributed by atoms with Crippen molar-refractivity contribution in [1.29, 1.82) is 0 Å². The van der Waals surface area contributed by atoms with Gasteiger partial charge in [-0.05, 0) is 6.42 Å². The van der Waals surface area contributed by atoms with Gasteiger partial charge in [-0.2, -0.15) is 0 Å². The zero-order valence-electron chi connectivity index (χ0n) is 7.58.